The van der Waals surface area contributed by atoms with Crippen LogP contribution in [0.1, 0.15) is 48.0 Å². The number of aromatic nitrogens is 1. The zero-order chi connectivity index (χ0) is 19.4. The summed E-state index contributed by atoms with van der Waals surface area (Å²) in [4.78, 5) is 13.3. The fourth-order valence-corrected chi connectivity index (χ4v) is 3.73. The number of hydrogen-bond donors (Lipinski definition) is 1. The van der Waals surface area contributed by atoms with Crippen LogP contribution in [-0.2, 0) is 5.60 Å². The van der Waals surface area contributed by atoms with Crippen LogP contribution >= 0.6 is 0 Å². The third-order valence-corrected chi connectivity index (χ3v) is 5.83. The Morgan fingerprint density at radius 1 is 1.11 bits per heavy atom. The summed E-state index contributed by atoms with van der Waals surface area (Å²) in [6.07, 6.45) is 0. The molecule has 1 heterocycles. The molecule has 0 radical (unpaired) electrons. The Morgan fingerprint density at radius 2 is 1.74 bits per heavy atom. The van der Waals surface area contributed by atoms with Crippen molar-refractivity contribution >= 4 is 5.78 Å². The van der Waals surface area contributed by atoms with E-state index in [1.807, 2.05) is 57.2 Å². The molecule has 2 aromatic carbocycles. The van der Waals surface area contributed by atoms with Gasteiger partial charge in [0.1, 0.15) is 11.3 Å². The van der Waals surface area contributed by atoms with Crippen molar-refractivity contribution in [2.45, 2.75) is 26.4 Å². The standard InChI is InChI=1S/C23H21NO3/c1-14(2)22(3,4)23(26)17-13-9-8-12-16(17)19(25)18-20(27-24-21(18)23)15-10-6-5-7-11-15/h5-13,26H,1H2,2-4H3. The molecular weight excluding hydrogens is 338 g/mol. The molecule has 1 unspecified atom stereocenters. The molecule has 0 fully saturated rings. The number of ketones is 1. The van der Waals surface area contributed by atoms with E-state index >= 15 is 0 Å². The second-order valence-corrected chi connectivity index (χ2v) is 7.59. The van der Waals surface area contributed by atoms with Crippen LogP contribution < -0.4 is 0 Å². The molecule has 4 rings (SSSR count). The first kappa shape index (κ1) is 17.4. The molecule has 0 bridgehead atoms. The van der Waals surface area contributed by atoms with Gasteiger partial charge in [0.15, 0.2) is 11.5 Å². The van der Waals surface area contributed by atoms with E-state index in [2.05, 4.69) is 11.7 Å². The van der Waals surface area contributed by atoms with Crippen LogP contribution in [0.2, 0.25) is 0 Å². The second kappa shape index (κ2) is 5.76. The minimum absolute atomic E-state index is 0.192. The fourth-order valence-electron chi connectivity index (χ4n) is 3.73. The van der Waals surface area contributed by atoms with Crippen LogP contribution in [0.5, 0.6) is 0 Å². The van der Waals surface area contributed by atoms with Crippen molar-refractivity contribution in [2.24, 2.45) is 5.41 Å². The van der Waals surface area contributed by atoms with Gasteiger partial charge >= 0.3 is 0 Å². The molecule has 27 heavy (non-hydrogen) atoms. The number of carbonyl (C=O) groups excluding carboxylic acids is 1. The summed E-state index contributed by atoms with van der Waals surface area (Å²) in [6, 6.07) is 16.5. The first-order chi connectivity index (χ1) is 12.8. The van der Waals surface area contributed by atoms with Crippen LogP contribution in [-0.4, -0.2) is 16.0 Å². The van der Waals surface area contributed by atoms with Gasteiger partial charge in [-0.15, -0.1) is 0 Å². The van der Waals surface area contributed by atoms with E-state index in [1.54, 1.807) is 18.2 Å². The van der Waals surface area contributed by atoms with Crippen molar-refractivity contribution in [3.63, 3.8) is 0 Å². The predicted molar refractivity (Wildman–Crippen MR) is 103 cm³/mol. The van der Waals surface area contributed by atoms with Gasteiger partial charge in [-0.3, -0.25) is 4.79 Å². The third-order valence-electron chi connectivity index (χ3n) is 5.83. The molecule has 0 amide bonds. The van der Waals surface area contributed by atoms with Gasteiger partial charge in [-0.2, -0.15) is 0 Å². The topological polar surface area (TPSA) is 63.3 Å². The molecule has 0 saturated heterocycles. The average molecular weight is 359 g/mol. The lowest BCUT2D eigenvalue weighted by Crippen LogP contribution is -2.48. The Morgan fingerprint density at radius 3 is 2.41 bits per heavy atom. The summed E-state index contributed by atoms with van der Waals surface area (Å²) in [5.41, 5.74) is 0.776. The monoisotopic (exact) mass is 359 g/mol. The molecule has 3 aromatic rings. The quantitative estimate of drug-likeness (QED) is 0.687. The molecule has 136 valence electrons. The van der Waals surface area contributed by atoms with Crippen molar-refractivity contribution in [2.75, 3.05) is 0 Å². The molecule has 1 atom stereocenters. The molecular formula is C23H21NO3. The highest BCUT2D eigenvalue weighted by Crippen LogP contribution is 2.53. The van der Waals surface area contributed by atoms with Crippen LogP contribution in [0, 0.1) is 5.41 Å². The molecule has 0 spiro atoms. The van der Waals surface area contributed by atoms with Gasteiger partial charge in [-0.1, -0.05) is 85.8 Å². The number of benzene rings is 2. The van der Waals surface area contributed by atoms with Crippen LogP contribution in [0.3, 0.4) is 0 Å². The van der Waals surface area contributed by atoms with Gasteiger partial charge in [0.25, 0.3) is 0 Å². The maximum atomic E-state index is 13.3. The average Bonchev–Trinajstić information content (AvgIpc) is 3.12. The minimum atomic E-state index is -1.53. The normalized spacial score (nSPS) is 18.7. The lowest BCUT2D eigenvalue weighted by molar-refractivity contribution is -0.0236. The number of fused-ring (bicyclic) bond motifs is 2. The number of carbonyl (C=O) groups is 1. The SMILES string of the molecule is C=C(C)C(C)(C)C1(O)c2ccccc2C(=O)c2c1noc2-c1ccccc1. The van der Waals surface area contributed by atoms with E-state index in [9.17, 15) is 9.90 Å². The number of hydrogen-bond acceptors (Lipinski definition) is 4. The Bertz CT molecular complexity index is 1060. The largest absolute Gasteiger partial charge is 0.378 e. The first-order valence-corrected chi connectivity index (χ1v) is 8.88. The minimum Gasteiger partial charge on any atom is -0.378 e. The van der Waals surface area contributed by atoms with E-state index in [0.717, 1.165) is 11.1 Å². The smallest absolute Gasteiger partial charge is 0.199 e. The van der Waals surface area contributed by atoms with Gasteiger partial charge in [0, 0.05) is 22.1 Å². The Labute approximate surface area is 158 Å². The number of nitrogens with zero attached hydrogens (tertiary/aromatic N) is 1. The summed E-state index contributed by atoms with van der Waals surface area (Å²) >= 11 is 0. The van der Waals surface area contributed by atoms with E-state index in [-0.39, 0.29) is 11.5 Å². The van der Waals surface area contributed by atoms with E-state index in [0.29, 0.717) is 22.5 Å². The summed E-state index contributed by atoms with van der Waals surface area (Å²) in [5, 5.41) is 16.2. The molecule has 0 aliphatic heterocycles. The zero-order valence-electron chi connectivity index (χ0n) is 15.6. The van der Waals surface area contributed by atoms with Crippen molar-refractivity contribution in [3.8, 4) is 11.3 Å². The molecule has 0 saturated carbocycles. The maximum Gasteiger partial charge on any atom is 0.199 e. The van der Waals surface area contributed by atoms with Crippen molar-refractivity contribution in [3.05, 3.63) is 89.1 Å². The molecule has 4 nitrogen and oxygen atoms in total. The number of rotatable bonds is 3. The van der Waals surface area contributed by atoms with E-state index in [4.69, 9.17) is 4.52 Å². The molecule has 1 aliphatic rings. The van der Waals surface area contributed by atoms with Gasteiger partial charge in [0.05, 0.1) is 5.56 Å². The summed E-state index contributed by atoms with van der Waals surface area (Å²) in [6.45, 7) is 9.75. The van der Waals surface area contributed by atoms with Crippen molar-refractivity contribution in [1.29, 1.82) is 0 Å². The van der Waals surface area contributed by atoms with Gasteiger partial charge < -0.3 is 9.63 Å². The highest BCUT2D eigenvalue weighted by Gasteiger charge is 2.55. The Balaban J connectivity index is 2.08. The molecule has 1 N–H and O–H groups in total. The summed E-state index contributed by atoms with van der Waals surface area (Å²) < 4.78 is 5.62. The van der Waals surface area contributed by atoms with E-state index in [1.165, 1.54) is 0 Å². The van der Waals surface area contributed by atoms with E-state index < -0.39 is 11.0 Å². The van der Waals surface area contributed by atoms with Gasteiger partial charge in [0.2, 0.25) is 0 Å². The van der Waals surface area contributed by atoms with Crippen LogP contribution in [0.15, 0.2) is 71.3 Å². The van der Waals surface area contributed by atoms with Crippen molar-refractivity contribution < 1.29 is 14.4 Å². The van der Waals surface area contributed by atoms with Gasteiger partial charge in [-0.05, 0) is 6.92 Å². The summed E-state index contributed by atoms with van der Waals surface area (Å²) in [5.74, 6) is 0.184. The van der Waals surface area contributed by atoms with Crippen LogP contribution in [0.25, 0.3) is 11.3 Å². The number of aliphatic hydroxyl groups is 1. The lowest BCUT2D eigenvalue weighted by atomic mass is 9.61. The third kappa shape index (κ3) is 2.20. The predicted octanol–water partition coefficient (Wildman–Crippen LogP) is 4.72. The van der Waals surface area contributed by atoms with Gasteiger partial charge in [-0.25, -0.2) is 0 Å². The molecule has 4 heteroatoms. The highest BCUT2D eigenvalue weighted by atomic mass is 16.5. The molecule has 1 aromatic heterocycles. The molecule has 1 aliphatic carbocycles. The Hall–Kier alpha value is -2.98. The first-order valence-electron chi connectivity index (χ1n) is 8.88. The maximum absolute atomic E-state index is 13.3. The Kier molecular flexibility index (Phi) is 3.72. The highest BCUT2D eigenvalue weighted by molar-refractivity contribution is 6.15. The zero-order valence-corrected chi connectivity index (χ0v) is 15.6. The van der Waals surface area contributed by atoms with Crippen LogP contribution in [0.4, 0.5) is 0 Å². The second-order valence-electron chi connectivity index (χ2n) is 7.59. The lowest BCUT2D eigenvalue weighted by Gasteiger charge is -2.45. The summed E-state index contributed by atoms with van der Waals surface area (Å²) in [7, 11) is 0. The fraction of sp³-hybridized carbons (Fsp3) is 0.217. The van der Waals surface area contributed by atoms with Crippen molar-refractivity contribution in [1.82, 2.24) is 5.16 Å².